The third-order valence-electron chi connectivity index (χ3n) is 2.30. The second-order valence-corrected chi connectivity index (χ2v) is 4.22. The molecule has 0 heterocycles. The van der Waals surface area contributed by atoms with Crippen molar-refractivity contribution in [2.45, 2.75) is 54.4 Å². The molecule has 0 unspecified atom stereocenters. The number of hydrogen-bond acceptors (Lipinski definition) is 0. The van der Waals surface area contributed by atoms with E-state index in [0.717, 1.165) is 0 Å². The van der Waals surface area contributed by atoms with Crippen molar-refractivity contribution in [2.24, 2.45) is 5.41 Å². The van der Waals surface area contributed by atoms with Crippen molar-refractivity contribution in [3.8, 4) is 0 Å². The molecule has 11 heavy (non-hydrogen) atoms. The number of rotatable bonds is 2. The van der Waals surface area contributed by atoms with Crippen LogP contribution in [0.5, 0.6) is 0 Å². The zero-order chi connectivity index (χ0) is 9.07. The van der Waals surface area contributed by atoms with Crippen LogP contribution in [0.2, 0.25) is 0 Å². The molecular weight excluding hydrogens is 132 g/mol. The average Bonchev–Trinajstić information content (AvgIpc) is 1.86. The minimum atomic E-state index is 0.370. The molecule has 0 saturated carbocycles. The largest absolute Gasteiger partial charge is 0.0739 e. The first kappa shape index (κ1) is 10.7. The van der Waals surface area contributed by atoms with E-state index < -0.39 is 0 Å². The van der Waals surface area contributed by atoms with E-state index in [4.69, 9.17) is 0 Å². The lowest BCUT2D eigenvalue weighted by molar-refractivity contribution is 0.480. The van der Waals surface area contributed by atoms with Gasteiger partial charge in [-0.3, -0.25) is 0 Å². The first-order valence-corrected chi connectivity index (χ1v) is 4.62. The molecule has 0 nitrogen and oxygen atoms in total. The van der Waals surface area contributed by atoms with Gasteiger partial charge in [0.1, 0.15) is 0 Å². The van der Waals surface area contributed by atoms with E-state index in [1.165, 1.54) is 12.8 Å². The minimum Gasteiger partial charge on any atom is -0.0739 e. The van der Waals surface area contributed by atoms with Crippen LogP contribution in [-0.2, 0) is 0 Å². The first-order valence-electron chi connectivity index (χ1n) is 4.62. The molecule has 0 aliphatic rings. The molecule has 66 valence electrons. The Labute approximate surface area is 71.7 Å². The summed E-state index contributed by atoms with van der Waals surface area (Å²) in [7, 11) is 0. The zero-order valence-electron chi connectivity index (χ0n) is 8.91. The zero-order valence-corrected chi connectivity index (χ0v) is 8.91. The SMILES string of the molecule is CC/C(C)=C(/CC)C(C)(C)C. The van der Waals surface area contributed by atoms with Crippen LogP contribution in [-0.4, -0.2) is 0 Å². The molecule has 0 heteroatoms. The Morgan fingerprint density at radius 3 is 1.55 bits per heavy atom. The second-order valence-electron chi connectivity index (χ2n) is 4.22. The summed E-state index contributed by atoms with van der Waals surface area (Å²) in [6.07, 6.45) is 2.39. The smallest absolute Gasteiger partial charge is 0.0171 e. The summed E-state index contributed by atoms with van der Waals surface area (Å²) in [5.41, 5.74) is 3.56. The van der Waals surface area contributed by atoms with Gasteiger partial charge >= 0.3 is 0 Å². The van der Waals surface area contributed by atoms with Crippen LogP contribution in [0.25, 0.3) is 0 Å². The van der Waals surface area contributed by atoms with Crippen molar-refractivity contribution in [1.82, 2.24) is 0 Å². The van der Waals surface area contributed by atoms with Crippen molar-refractivity contribution in [1.29, 1.82) is 0 Å². The highest BCUT2D eigenvalue weighted by Gasteiger charge is 2.16. The third kappa shape index (κ3) is 3.09. The molecule has 0 spiro atoms. The quantitative estimate of drug-likeness (QED) is 0.524. The predicted octanol–water partition coefficient (Wildman–Crippen LogP) is 4.17. The molecule has 0 atom stereocenters. The summed E-state index contributed by atoms with van der Waals surface area (Å²) in [5, 5.41) is 0. The molecule has 0 radical (unpaired) electrons. The maximum absolute atomic E-state index is 2.30. The van der Waals surface area contributed by atoms with Gasteiger partial charge < -0.3 is 0 Å². The van der Waals surface area contributed by atoms with Crippen LogP contribution < -0.4 is 0 Å². The molecule has 0 bridgehead atoms. The van der Waals surface area contributed by atoms with Gasteiger partial charge in [-0.1, -0.05) is 45.8 Å². The Kier molecular flexibility index (Phi) is 3.85. The number of hydrogen-bond donors (Lipinski definition) is 0. The van der Waals surface area contributed by atoms with Gasteiger partial charge in [-0.05, 0) is 25.2 Å². The Morgan fingerprint density at radius 2 is 1.45 bits per heavy atom. The van der Waals surface area contributed by atoms with E-state index in [1.54, 1.807) is 11.1 Å². The Hall–Kier alpha value is -0.260. The first-order chi connectivity index (χ1) is 4.93. The van der Waals surface area contributed by atoms with Gasteiger partial charge in [0.05, 0.1) is 0 Å². The van der Waals surface area contributed by atoms with Gasteiger partial charge in [0.25, 0.3) is 0 Å². The highest BCUT2D eigenvalue weighted by Crippen LogP contribution is 2.31. The molecule has 0 amide bonds. The predicted molar refractivity (Wildman–Crippen MR) is 52.7 cm³/mol. The lowest BCUT2D eigenvalue weighted by atomic mass is 9.81. The molecule has 0 aromatic carbocycles. The Morgan fingerprint density at radius 1 is 1.00 bits per heavy atom. The van der Waals surface area contributed by atoms with E-state index in [-0.39, 0.29) is 0 Å². The Balaban J connectivity index is 4.66. The summed E-state index contributed by atoms with van der Waals surface area (Å²) in [4.78, 5) is 0. The van der Waals surface area contributed by atoms with Crippen molar-refractivity contribution in [3.63, 3.8) is 0 Å². The highest BCUT2D eigenvalue weighted by atomic mass is 14.2. The molecule has 0 aromatic heterocycles. The maximum atomic E-state index is 2.30. The number of allylic oxidation sites excluding steroid dienone is 2. The van der Waals surface area contributed by atoms with Crippen molar-refractivity contribution in [2.75, 3.05) is 0 Å². The summed E-state index contributed by atoms with van der Waals surface area (Å²) in [5.74, 6) is 0. The summed E-state index contributed by atoms with van der Waals surface area (Å²) >= 11 is 0. The van der Waals surface area contributed by atoms with E-state index in [2.05, 4.69) is 41.5 Å². The van der Waals surface area contributed by atoms with Gasteiger partial charge in [-0.15, -0.1) is 0 Å². The van der Waals surface area contributed by atoms with Crippen molar-refractivity contribution >= 4 is 0 Å². The monoisotopic (exact) mass is 154 g/mol. The minimum absolute atomic E-state index is 0.370. The summed E-state index contributed by atoms with van der Waals surface area (Å²) in [6, 6.07) is 0. The topological polar surface area (TPSA) is 0 Å². The van der Waals surface area contributed by atoms with E-state index in [9.17, 15) is 0 Å². The molecule has 0 aliphatic heterocycles. The standard InChI is InChI=1S/C11H22/c1-7-9(3)10(8-2)11(4,5)6/h7-8H2,1-6H3/b10-9-. The summed E-state index contributed by atoms with van der Waals surface area (Å²) in [6.45, 7) is 13.6. The molecule has 0 aromatic rings. The molecular formula is C11H22. The van der Waals surface area contributed by atoms with Crippen molar-refractivity contribution in [3.05, 3.63) is 11.1 Å². The fraction of sp³-hybridized carbons (Fsp3) is 0.818. The lowest BCUT2D eigenvalue weighted by Crippen LogP contribution is -2.10. The van der Waals surface area contributed by atoms with E-state index in [0.29, 0.717) is 5.41 Å². The fourth-order valence-corrected chi connectivity index (χ4v) is 1.69. The van der Waals surface area contributed by atoms with Crippen LogP contribution in [0.4, 0.5) is 0 Å². The van der Waals surface area contributed by atoms with Gasteiger partial charge in [-0.25, -0.2) is 0 Å². The lowest BCUT2D eigenvalue weighted by Gasteiger charge is -2.24. The molecule has 0 fully saturated rings. The van der Waals surface area contributed by atoms with Gasteiger partial charge in [0.15, 0.2) is 0 Å². The normalized spacial score (nSPS) is 14.7. The molecule has 0 saturated heterocycles. The fourth-order valence-electron chi connectivity index (χ4n) is 1.69. The van der Waals surface area contributed by atoms with Crippen LogP contribution in [0.1, 0.15) is 54.4 Å². The van der Waals surface area contributed by atoms with Gasteiger partial charge in [-0.2, -0.15) is 0 Å². The van der Waals surface area contributed by atoms with Crippen LogP contribution in [0.3, 0.4) is 0 Å². The van der Waals surface area contributed by atoms with Crippen LogP contribution in [0.15, 0.2) is 11.1 Å². The van der Waals surface area contributed by atoms with Gasteiger partial charge in [0.2, 0.25) is 0 Å². The summed E-state index contributed by atoms with van der Waals surface area (Å²) < 4.78 is 0. The van der Waals surface area contributed by atoms with E-state index >= 15 is 0 Å². The maximum Gasteiger partial charge on any atom is -0.0171 e. The molecule has 0 rings (SSSR count). The third-order valence-corrected chi connectivity index (χ3v) is 2.30. The average molecular weight is 154 g/mol. The highest BCUT2D eigenvalue weighted by molar-refractivity contribution is 5.17. The molecule has 0 aliphatic carbocycles. The van der Waals surface area contributed by atoms with E-state index in [1.807, 2.05) is 0 Å². The Bertz CT molecular complexity index is 144. The van der Waals surface area contributed by atoms with Gasteiger partial charge in [0, 0.05) is 0 Å². The molecule has 0 N–H and O–H groups in total. The van der Waals surface area contributed by atoms with Crippen LogP contribution >= 0.6 is 0 Å². The van der Waals surface area contributed by atoms with Crippen molar-refractivity contribution < 1.29 is 0 Å². The van der Waals surface area contributed by atoms with Crippen LogP contribution in [0, 0.1) is 5.41 Å². The second kappa shape index (κ2) is 3.94.